The number of thiophene rings is 1. The number of nitrogens with one attached hydrogen (secondary N) is 1. The second kappa shape index (κ2) is 5.31. The molecule has 2 aromatic rings. The molecule has 0 amide bonds. The zero-order valence-corrected chi connectivity index (χ0v) is 10.9. The molecule has 1 atom stereocenters. The van der Waals surface area contributed by atoms with Gasteiger partial charge in [0.1, 0.15) is 0 Å². The van der Waals surface area contributed by atoms with Crippen LogP contribution in [0, 0.1) is 0 Å². The van der Waals surface area contributed by atoms with E-state index in [4.69, 9.17) is 0 Å². The van der Waals surface area contributed by atoms with Crippen molar-refractivity contribution in [2.75, 3.05) is 13.1 Å². The second-order valence-electron chi connectivity index (χ2n) is 4.35. The topological polar surface area (TPSA) is 37.3 Å². The predicted octanol–water partition coefficient (Wildman–Crippen LogP) is 2.67. The maximum Gasteiger partial charge on any atom is 0.0974 e. The fraction of sp³-hybridized carbons (Fsp3) is 0.286. The molecule has 0 saturated carbocycles. The van der Waals surface area contributed by atoms with E-state index in [0.717, 1.165) is 25.3 Å². The summed E-state index contributed by atoms with van der Waals surface area (Å²) in [5, 5.41) is 7.69. The van der Waals surface area contributed by atoms with Crippen molar-refractivity contribution in [3.63, 3.8) is 0 Å². The minimum absolute atomic E-state index is 0.356. The number of aliphatic imine (C=N–C) groups is 1. The highest BCUT2D eigenvalue weighted by Crippen LogP contribution is 2.29. The van der Waals surface area contributed by atoms with Crippen molar-refractivity contribution in [2.24, 2.45) is 4.99 Å². The van der Waals surface area contributed by atoms with E-state index >= 15 is 0 Å². The third kappa shape index (κ3) is 2.43. The lowest BCUT2D eigenvalue weighted by Crippen LogP contribution is -2.21. The van der Waals surface area contributed by atoms with Crippen molar-refractivity contribution in [1.29, 1.82) is 0 Å². The minimum atomic E-state index is 0.356. The Labute approximate surface area is 111 Å². The van der Waals surface area contributed by atoms with Crippen molar-refractivity contribution in [1.82, 2.24) is 10.3 Å². The van der Waals surface area contributed by atoms with Gasteiger partial charge in [0.05, 0.1) is 12.4 Å². The number of aromatic nitrogens is 1. The third-order valence-electron chi connectivity index (χ3n) is 3.17. The number of amidine groups is 1. The van der Waals surface area contributed by atoms with Crippen LogP contribution in [0.1, 0.15) is 23.5 Å². The molecule has 3 nitrogen and oxygen atoms in total. The Bertz CT molecular complexity index is 519. The Hall–Kier alpha value is -1.68. The summed E-state index contributed by atoms with van der Waals surface area (Å²) < 4.78 is 0. The van der Waals surface area contributed by atoms with Crippen LogP contribution in [0.4, 0.5) is 0 Å². The maximum absolute atomic E-state index is 4.50. The van der Waals surface area contributed by atoms with Crippen LogP contribution in [0.15, 0.2) is 46.3 Å². The molecule has 3 rings (SSSR count). The molecule has 0 aliphatic carbocycles. The van der Waals surface area contributed by atoms with Crippen molar-refractivity contribution in [2.45, 2.75) is 12.3 Å². The molecule has 1 unspecified atom stereocenters. The quantitative estimate of drug-likeness (QED) is 0.914. The molecule has 0 radical (unpaired) electrons. The minimum Gasteiger partial charge on any atom is -0.372 e. The summed E-state index contributed by atoms with van der Waals surface area (Å²) in [4.78, 5) is 8.73. The van der Waals surface area contributed by atoms with Gasteiger partial charge in [-0.3, -0.25) is 9.98 Å². The second-order valence-corrected chi connectivity index (χ2v) is 5.13. The lowest BCUT2D eigenvalue weighted by molar-refractivity contribution is 0.831. The summed E-state index contributed by atoms with van der Waals surface area (Å²) in [6.45, 7) is 1.87. The van der Waals surface area contributed by atoms with Crippen LogP contribution < -0.4 is 5.32 Å². The fourth-order valence-corrected chi connectivity index (χ4v) is 2.97. The highest BCUT2D eigenvalue weighted by atomic mass is 32.1. The highest BCUT2D eigenvalue weighted by Gasteiger charge is 2.18. The largest absolute Gasteiger partial charge is 0.372 e. The Balaban J connectivity index is 1.89. The lowest BCUT2D eigenvalue weighted by Gasteiger charge is -2.16. The number of nitrogens with zero attached hydrogens (tertiary/aromatic N) is 2. The van der Waals surface area contributed by atoms with E-state index in [1.54, 1.807) is 11.3 Å². The normalized spacial score (nSPS) is 16.1. The third-order valence-corrected chi connectivity index (χ3v) is 3.87. The van der Waals surface area contributed by atoms with Gasteiger partial charge in [0.25, 0.3) is 0 Å². The van der Waals surface area contributed by atoms with Gasteiger partial charge in [-0.25, -0.2) is 0 Å². The van der Waals surface area contributed by atoms with Crippen molar-refractivity contribution >= 4 is 17.2 Å². The Morgan fingerprint density at radius 2 is 2.33 bits per heavy atom. The van der Waals surface area contributed by atoms with E-state index < -0.39 is 0 Å². The lowest BCUT2D eigenvalue weighted by atomic mass is 9.91. The first kappa shape index (κ1) is 11.4. The van der Waals surface area contributed by atoms with E-state index in [0.29, 0.717) is 5.92 Å². The molecule has 1 N–H and O–H groups in total. The Kier molecular flexibility index (Phi) is 3.37. The van der Waals surface area contributed by atoms with Crippen LogP contribution in [-0.4, -0.2) is 23.9 Å². The number of hydrogen-bond acceptors (Lipinski definition) is 4. The van der Waals surface area contributed by atoms with Crippen LogP contribution in [0.2, 0.25) is 0 Å². The van der Waals surface area contributed by atoms with Gasteiger partial charge in [-0.1, -0.05) is 6.07 Å². The molecule has 0 bridgehead atoms. The van der Waals surface area contributed by atoms with Gasteiger partial charge in [-0.05, 0) is 34.0 Å². The molecule has 92 valence electrons. The summed E-state index contributed by atoms with van der Waals surface area (Å²) >= 11 is 1.74. The van der Waals surface area contributed by atoms with Gasteiger partial charge < -0.3 is 5.32 Å². The molecule has 3 heterocycles. The summed E-state index contributed by atoms with van der Waals surface area (Å²) in [7, 11) is 0. The van der Waals surface area contributed by atoms with Crippen LogP contribution in [-0.2, 0) is 0 Å². The maximum atomic E-state index is 4.50. The molecule has 0 saturated heterocycles. The zero-order chi connectivity index (χ0) is 12.2. The monoisotopic (exact) mass is 257 g/mol. The average molecular weight is 257 g/mol. The molecular formula is C14H15N3S. The number of rotatable bonds is 4. The van der Waals surface area contributed by atoms with E-state index in [1.165, 1.54) is 11.1 Å². The van der Waals surface area contributed by atoms with Gasteiger partial charge in [0.2, 0.25) is 0 Å². The molecule has 18 heavy (non-hydrogen) atoms. The summed E-state index contributed by atoms with van der Waals surface area (Å²) in [5.74, 6) is 1.48. The molecule has 0 fully saturated rings. The number of pyridine rings is 1. The van der Waals surface area contributed by atoms with Crippen LogP contribution in [0.25, 0.3) is 0 Å². The number of hydrogen-bond donors (Lipinski definition) is 1. The molecule has 2 aromatic heterocycles. The first-order valence-electron chi connectivity index (χ1n) is 6.13. The fourth-order valence-electron chi connectivity index (χ4n) is 2.26. The molecule has 0 spiro atoms. The van der Waals surface area contributed by atoms with E-state index in [-0.39, 0.29) is 0 Å². The van der Waals surface area contributed by atoms with Gasteiger partial charge in [0, 0.05) is 31.3 Å². The highest BCUT2D eigenvalue weighted by molar-refractivity contribution is 7.08. The van der Waals surface area contributed by atoms with Gasteiger partial charge >= 0.3 is 0 Å². The first-order valence-corrected chi connectivity index (χ1v) is 7.07. The van der Waals surface area contributed by atoms with Gasteiger partial charge in [0.15, 0.2) is 0 Å². The molecule has 1 aliphatic heterocycles. The van der Waals surface area contributed by atoms with E-state index in [1.807, 2.05) is 18.5 Å². The van der Waals surface area contributed by atoms with Crippen molar-refractivity contribution < 1.29 is 0 Å². The SMILES string of the molecule is c1cncc(C(CC2=NCCN2)c2ccsc2)c1. The standard InChI is InChI=1S/C14H15N3S/c1-2-11(9-15-4-1)13(12-3-7-18-10-12)8-14-16-5-6-17-14/h1-4,7,9-10,13H,5-6,8H2,(H,16,17). The summed E-state index contributed by atoms with van der Waals surface area (Å²) in [6.07, 6.45) is 4.71. The van der Waals surface area contributed by atoms with Crippen molar-refractivity contribution in [3.05, 3.63) is 52.5 Å². The molecule has 1 aliphatic rings. The first-order chi connectivity index (χ1) is 8.93. The molecular weight excluding hydrogens is 242 g/mol. The smallest absolute Gasteiger partial charge is 0.0974 e. The van der Waals surface area contributed by atoms with E-state index in [2.05, 4.69) is 38.2 Å². The van der Waals surface area contributed by atoms with Gasteiger partial charge in [-0.15, -0.1) is 0 Å². The molecule has 4 heteroatoms. The Morgan fingerprint density at radius 3 is 3.00 bits per heavy atom. The Morgan fingerprint density at radius 1 is 1.33 bits per heavy atom. The average Bonchev–Trinajstić information content (AvgIpc) is 3.10. The van der Waals surface area contributed by atoms with Crippen molar-refractivity contribution in [3.8, 4) is 0 Å². The summed E-state index contributed by atoms with van der Waals surface area (Å²) in [5.41, 5.74) is 2.61. The summed E-state index contributed by atoms with van der Waals surface area (Å²) in [6, 6.07) is 6.33. The predicted molar refractivity (Wildman–Crippen MR) is 75.3 cm³/mol. The van der Waals surface area contributed by atoms with Crippen LogP contribution >= 0.6 is 11.3 Å². The van der Waals surface area contributed by atoms with Crippen LogP contribution in [0.5, 0.6) is 0 Å². The van der Waals surface area contributed by atoms with E-state index in [9.17, 15) is 0 Å². The zero-order valence-electron chi connectivity index (χ0n) is 10.0. The van der Waals surface area contributed by atoms with Gasteiger partial charge in [-0.2, -0.15) is 11.3 Å². The van der Waals surface area contributed by atoms with Crippen LogP contribution in [0.3, 0.4) is 0 Å². The molecule has 0 aromatic carbocycles.